The molecule has 0 saturated heterocycles. The Labute approximate surface area is 102 Å². The SMILES string of the molecule is CCCC(Br)C(C)c1ccc(CC)cc1. The van der Waals surface area contributed by atoms with Gasteiger partial charge in [0.1, 0.15) is 0 Å². The van der Waals surface area contributed by atoms with Gasteiger partial charge in [-0.3, -0.25) is 0 Å². The summed E-state index contributed by atoms with van der Waals surface area (Å²) in [6, 6.07) is 9.04. The van der Waals surface area contributed by atoms with Crippen LogP contribution in [0.15, 0.2) is 24.3 Å². The summed E-state index contributed by atoms with van der Waals surface area (Å²) in [6.07, 6.45) is 3.62. The summed E-state index contributed by atoms with van der Waals surface area (Å²) < 4.78 is 0. The molecule has 0 aliphatic carbocycles. The van der Waals surface area contributed by atoms with Gasteiger partial charge in [-0.25, -0.2) is 0 Å². The molecule has 0 amide bonds. The summed E-state index contributed by atoms with van der Waals surface area (Å²) >= 11 is 3.78. The molecule has 1 heteroatoms. The van der Waals surface area contributed by atoms with Crippen molar-refractivity contribution in [2.45, 2.75) is 50.8 Å². The van der Waals surface area contributed by atoms with E-state index in [0.29, 0.717) is 10.7 Å². The summed E-state index contributed by atoms with van der Waals surface area (Å²) in [6.45, 7) is 6.74. The smallest absolute Gasteiger partial charge is 0.0211 e. The number of benzene rings is 1. The first-order valence-corrected chi connectivity index (χ1v) is 6.83. The van der Waals surface area contributed by atoms with Gasteiger partial charge in [0.15, 0.2) is 0 Å². The van der Waals surface area contributed by atoms with Crippen LogP contribution in [-0.4, -0.2) is 4.83 Å². The fourth-order valence-electron chi connectivity index (χ4n) is 1.79. The Morgan fingerprint density at radius 1 is 1.13 bits per heavy atom. The average Bonchev–Trinajstić information content (AvgIpc) is 2.28. The van der Waals surface area contributed by atoms with Crippen LogP contribution in [0.25, 0.3) is 0 Å². The van der Waals surface area contributed by atoms with Crippen molar-refractivity contribution in [3.63, 3.8) is 0 Å². The predicted octanol–water partition coefficient (Wildman–Crippen LogP) is 4.92. The van der Waals surface area contributed by atoms with E-state index in [2.05, 4.69) is 61.0 Å². The molecule has 84 valence electrons. The Hall–Kier alpha value is -0.300. The van der Waals surface area contributed by atoms with Crippen molar-refractivity contribution in [1.29, 1.82) is 0 Å². The largest absolute Gasteiger partial charge is 0.0884 e. The van der Waals surface area contributed by atoms with Crippen LogP contribution in [-0.2, 0) is 6.42 Å². The fourth-order valence-corrected chi connectivity index (χ4v) is 2.55. The first-order valence-electron chi connectivity index (χ1n) is 5.91. The Kier molecular flexibility index (Phi) is 5.38. The zero-order valence-electron chi connectivity index (χ0n) is 9.96. The van der Waals surface area contributed by atoms with Crippen molar-refractivity contribution in [2.75, 3.05) is 0 Å². The number of rotatable bonds is 5. The van der Waals surface area contributed by atoms with Crippen molar-refractivity contribution in [3.8, 4) is 0 Å². The molecule has 0 saturated carbocycles. The van der Waals surface area contributed by atoms with Crippen LogP contribution in [0.2, 0.25) is 0 Å². The minimum absolute atomic E-state index is 0.606. The molecule has 0 aromatic heterocycles. The van der Waals surface area contributed by atoms with E-state index in [4.69, 9.17) is 0 Å². The highest BCUT2D eigenvalue weighted by atomic mass is 79.9. The van der Waals surface area contributed by atoms with Crippen LogP contribution in [0.1, 0.15) is 50.7 Å². The van der Waals surface area contributed by atoms with E-state index < -0.39 is 0 Å². The first-order chi connectivity index (χ1) is 7.19. The van der Waals surface area contributed by atoms with E-state index in [1.165, 1.54) is 24.0 Å². The molecule has 1 rings (SSSR count). The van der Waals surface area contributed by atoms with Gasteiger partial charge >= 0.3 is 0 Å². The van der Waals surface area contributed by atoms with Crippen molar-refractivity contribution >= 4 is 15.9 Å². The molecule has 0 radical (unpaired) electrons. The molecule has 0 heterocycles. The Balaban J connectivity index is 2.69. The predicted molar refractivity (Wildman–Crippen MR) is 71.9 cm³/mol. The van der Waals surface area contributed by atoms with Crippen LogP contribution in [0.3, 0.4) is 0 Å². The molecule has 0 bridgehead atoms. The van der Waals surface area contributed by atoms with Crippen LogP contribution < -0.4 is 0 Å². The van der Waals surface area contributed by atoms with E-state index in [1.54, 1.807) is 0 Å². The van der Waals surface area contributed by atoms with E-state index >= 15 is 0 Å². The molecule has 15 heavy (non-hydrogen) atoms. The third-order valence-corrected chi connectivity index (χ3v) is 4.27. The second-order valence-corrected chi connectivity index (χ2v) is 5.36. The monoisotopic (exact) mass is 268 g/mol. The summed E-state index contributed by atoms with van der Waals surface area (Å²) in [5.41, 5.74) is 2.87. The van der Waals surface area contributed by atoms with Gasteiger partial charge in [0.2, 0.25) is 0 Å². The summed E-state index contributed by atoms with van der Waals surface area (Å²) in [5.74, 6) is 0.607. The highest BCUT2D eigenvalue weighted by Crippen LogP contribution is 2.27. The molecule has 0 nitrogen and oxygen atoms in total. The summed E-state index contributed by atoms with van der Waals surface area (Å²) in [5, 5.41) is 0. The second-order valence-electron chi connectivity index (χ2n) is 4.19. The number of aryl methyl sites for hydroxylation is 1. The molecule has 0 fully saturated rings. The van der Waals surface area contributed by atoms with Crippen molar-refractivity contribution in [1.82, 2.24) is 0 Å². The lowest BCUT2D eigenvalue weighted by molar-refractivity contribution is 0.651. The molecule has 0 aliphatic rings. The first kappa shape index (κ1) is 12.8. The summed E-state index contributed by atoms with van der Waals surface area (Å²) in [4.78, 5) is 0.606. The third-order valence-electron chi connectivity index (χ3n) is 3.02. The van der Waals surface area contributed by atoms with Crippen molar-refractivity contribution in [3.05, 3.63) is 35.4 Å². The maximum atomic E-state index is 3.78. The van der Waals surface area contributed by atoms with Gasteiger partial charge in [-0.05, 0) is 29.9 Å². The Bertz CT molecular complexity index is 276. The highest BCUT2D eigenvalue weighted by Gasteiger charge is 2.14. The average molecular weight is 269 g/mol. The normalized spacial score (nSPS) is 14.9. The molecule has 0 spiro atoms. The van der Waals surface area contributed by atoms with Crippen molar-refractivity contribution in [2.24, 2.45) is 0 Å². The molecule has 1 aromatic rings. The molecular weight excluding hydrogens is 248 g/mol. The van der Waals surface area contributed by atoms with Crippen LogP contribution in [0.4, 0.5) is 0 Å². The van der Waals surface area contributed by atoms with Crippen LogP contribution in [0, 0.1) is 0 Å². The van der Waals surface area contributed by atoms with Gasteiger partial charge in [0.05, 0.1) is 0 Å². The number of hydrogen-bond donors (Lipinski definition) is 0. The lowest BCUT2D eigenvalue weighted by atomic mass is 9.94. The maximum Gasteiger partial charge on any atom is 0.0211 e. The minimum Gasteiger partial charge on any atom is -0.0884 e. The molecular formula is C14H21Br. The summed E-state index contributed by atoms with van der Waals surface area (Å²) in [7, 11) is 0. The van der Waals surface area contributed by atoms with Gasteiger partial charge in [0, 0.05) is 4.83 Å². The second kappa shape index (κ2) is 6.32. The number of halogens is 1. The lowest BCUT2D eigenvalue weighted by Crippen LogP contribution is -2.08. The van der Waals surface area contributed by atoms with Gasteiger partial charge in [-0.2, -0.15) is 0 Å². The van der Waals surface area contributed by atoms with Crippen LogP contribution in [0.5, 0.6) is 0 Å². The van der Waals surface area contributed by atoms with Gasteiger partial charge in [-0.15, -0.1) is 0 Å². The molecule has 0 aliphatic heterocycles. The standard InChI is InChI=1S/C14H21Br/c1-4-6-14(15)11(3)13-9-7-12(5-2)8-10-13/h7-11,14H,4-6H2,1-3H3. The number of hydrogen-bond acceptors (Lipinski definition) is 0. The minimum atomic E-state index is 0.606. The van der Waals surface area contributed by atoms with Gasteiger partial charge < -0.3 is 0 Å². The van der Waals surface area contributed by atoms with E-state index in [9.17, 15) is 0 Å². The Morgan fingerprint density at radius 3 is 2.20 bits per heavy atom. The molecule has 2 unspecified atom stereocenters. The van der Waals surface area contributed by atoms with E-state index in [-0.39, 0.29) is 0 Å². The van der Waals surface area contributed by atoms with Crippen LogP contribution >= 0.6 is 15.9 Å². The Morgan fingerprint density at radius 2 is 1.73 bits per heavy atom. The quantitative estimate of drug-likeness (QED) is 0.666. The fraction of sp³-hybridized carbons (Fsp3) is 0.571. The molecule has 1 aromatic carbocycles. The highest BCUT2D eigenvalue weighted by molar-refractivity contribution is 9.09. The van der Waals surface area contributed by atoms with E-state index in [0.717, 1.165) is 6.42 Å². The van der Waals surface area contributed by atoms with E-state index in [1.807, 2.05) is 0 Å². The zero-order valence-corrected chi connectivity index (χ0v) is 11.5. The van der Waals surface area contributed by atoms with Crippen molar-refractivity contribution < 1.29 is 0 Å². The van der Waals surface area contributed by atoms with Gasteiger partial charge in [0.25, 0.3) is 0 Å². The van der Waals surface area contributed by atoms with Gasteiger partial charge in [-0.1, -0.05) is 67.4 Å². The third kappa shape index (κ3) is 3.64. The molecule has 0 N–H and O–H groups in total. The topological polar surface area (TPSA) is 0 Å². The number of alkyl halides is 1. The zero-order chi connectivity index (χ0) is 11.3. The molecule has 2 atom stereocenters. The maximum absolute atomic E-state index is 3.78. The lowest BCUT2D eigenvalue weighted by Gasteiger charge is -2.18.